The van der Waals surface area contributed by atoms with E-state index in [0.29, 0.717) is 6.54 Å². The van der Waals surface area contributed by atoms with E-state index in [-0.39, 0.29) is 12.0 Å². The van der Waals surface area contributed by atoms with Gasteiger partial charge in [0.2, 0.25) is 0 Å². The number of nitrogens with zero attached hydrogens (tertiary/aromatic N) is 3. The zero-order valence-corrected chi connectivity index (χ0v) is 12.5. The summed E-state index contributed by atoms with van der Waals surface area (Å²) in [6.45, 7) is 3.71. The topological polar surface area (TPSA) is 58.4 Å². The summed E-state index contributed by atoms with van der Waals surface area (Å²) in [5.41, 5.74) is -0.200. The molecule has 0 aromatic carbocycles. The molecule has 2 rings (SSSR count). The summed E-state index contributed by atoms with van der Waals surface area (Å²) in [5.74, 6) is 0.322. The second-order valence-corrected chi connectivity index (χ2v) is 5.84. The Morgan fingerprint density at radius 1 is 1.45 bits per heavy atom. The Morgan fingerprint density at radius 2 is 2.15 bits per heavy atom. The van der Waals surface area contributed by atoms with Gasteiger partial charge in [0.15, 0.2) is 0 Å². The van der Waals surface area contributed by atoms with E-state index in [9.17, 15) is 9.90 Å². The average Bonchev–Trinajstić information content (AvgIpc) is 2.86. The molecule has 1 saturated carbocycles. The van der Waals surface area contributed by atoms with Crippen molar-refractivity contribution in [3.05, 3.63) is 18.2 Å². The highest BCUT2D eigenvalue weighted by molar-refractivity contribution is 5.68. The van der Waals surface area contributed by atoms with E-state index in [1.165, 1.54) is 6.42 Å². The molecule has 5 nitrogen and oxygen atoms in total. The van der Waals surface area contributed by atoms with Crippen molar-refractivity contribution in [2.45, 2.75) is 64.1 Å². The first-order valence-corrected chi connectivity index (χ1v) is 7.50. The van der Waals surface area contributed by atoms with Gasteiger partial charge < -0.3 is 9.67 Å². The van der Waals surface area contributed by atoms with E-state index in [1.54, 1.807) is 0 Å². The number of carboxylic acid groups (broad SMARTS) is 1. The molecule has 5 heteroatoms. The Bertz CT molecular complexity index is 450. The Hall–Kier alpha value is -1.36. The van der Waals surface area contributed by atoms with Gasteiger partial charge in [0.25, 0.3) is 0 Å². The van der Waals surface area contributed by atoms with E-state index < -0.39 is 5.97 Å². The predicted octanol–water partition coefficient (Wildman–Crippen LogP) is 2.51. The summed E-state index contributed by atoms with van der Waals surface area (Å²) >= 11 is 0. The normalized spacial score (nSPS) is 18.4. The Labute approximate surface area is 120 Å². The number of imidazole rings is 1. The quantitative estimate of drug-likeness (QED) is 0.869. The fraction of sp³-hybridized carbons (Fsp3) is 0.733. The van der Waals surface area contributed by atoms with Crippen molar-refractivity contribution in [3.8, 4) is 0 Å². The molecule has 1 aromatic heterocycles. The summed E-state index contributed by atoms with van der Waals surface area (Å²) in [5, 5.41) is 9.26. The highest BCUT2D eigenvalue weighted by Crippen LogP contribution is 2.36. The second-order valence-electron chi connectivity index (χ2n) is 5.84. The van der Waals surface area contributed by atoms with Gasteiger partial charge >= 0.3 is 5.97 Å². The molecule has 0 atom stereocenters. The zero-order valence-electron chi connectivity index (χ0n) is 12.5. The molecule has 0 unspecified atom stereocenters. The molecule has 20 heavy (non-hydrogen) atoms. The minimum atomic E-state index is -0.697. The van der Waals surface area contributed by atoms with Crippen LogP contribution >= 0.6 is 0 Å². The SMILES string of the molecule is CCn1ccnc1CN(C)C1(CC(=O)O)CCCCC1. The van der Waals surface area contributed by atoms with Crippen molar-refractivity contribution >= 4 is 5.97 Å². The van der Waals surface area contributed by atoms with E-state index >= 15 is 0 Å². The number of carbonyl (C=O) groups is 1. The smallest absolute Gasteiger partial charge is 0.305 e. The minimum absolute atomic E-state index is 0.200. The van der Waals surface area contributed by atoms with Crippen LogP contribution in [0.4, 0.5) is 0 Å². The standard InChI is InChI=1S/C15H25N3O2/c1-3-18-10-9-16-13(18)12-17(2)15(11-14(19)20)7-5-4-6-8-15/h9-10H,3-8,11-12H2,1-2H3,(H,19,20). The van der Waals surface area contributed by atoms with Crippen LogP contribution in [-0.4, -0.2) is 38.1 Å². The van der Waals surface area contributed by atoms with Gasteiger partial charge in [-0.3, -0.25) is 9.69 Å². The van der Waals surface area contributed by atoms with E-state index in [1.807, 2.05) is 19.4 Å². The first-order chi connectivity index (χ1) is 9.57. The maximum atomic E-state index is 11.3. The van der Waals surface area contributed by atoms with Gasteiger partial charge in [0.05, 0.1) is 13.0 Å². The van der Waals surface area contributed by atoms with Crippen LogP contribution < -0.4 is 0 Å². The third-order valence-corrected chi connectivity index (χ3v) is 4.60. The van der Waals surface area contributed by atoms with Gasteiger partial charge in [-0.15, -0.1) is 0 Å². The lowest BCUT2D eigenvalue weighted by atomic mass is 9.78. The molecule has 1 aliphatic rings. The number of aliphatic carboxylic acids is 1. The number of carboxylic acids is 1. The van der Waals surface area contributed by atoms with E-state index in [0.717, 1.165) is 38.1 Å². The van der Waals surface area contributed by atoms with Crippen LogP contribution in [0.5, 0.6) is 0 Å². The van der Waals surface area contributed by atoms with Crippen LogP contribution in [0, 0.1) is 0 Å². The molecule has 0 radical (unpaired) electrons. The Balaban J connectivity index is 2.13. The number of hydrogen-bond donors (Lipinski definition) is 1. The lowest BCUT2D eigenvalue weighted by Gasteiger charge is -2.43. The van der Waals surface area contributed by atoms with Crippen LogP contribution in [0.3, 0.4) is 0 Å². The molecule has 0 aliphatic heterocycles. The molecule has 1 N–H and O–H groups in total. The number of hydrogen-bond acceptors (Lipinski definition) is 3. The number of aromatic nitrogens is 2. The third kappa shape index (κ3) is 3.20. The zero-order chi connectivity index (χ0) is 14.6. The van der Waals surface area contributed by atoms with Crippen molar-refractivity contribution in [3.63, 3.8) is 0 Å². The van der Waals surface area contributed by atoms with Gasteiger partial charge in [-0.05, 0) is 26.8 Å². The maximum Gasteiger partial charge on any atom is 0.305 e. The first kappa shape index (κ1) is 15.0. The highest BCUT2D eigenvalue weighted by atomic mass is 16.4. The number of aryl methyl sites for hydroxylation is 1. The van der Waals surface area contributed by atoms with Gasteiger partial charge in [-0.2, -0.15) is 0 Å². The lowest BCUT2D eigenvalue weighted by Crippen LogP contribution is -2.49. The molecule has 0 saturated heterocycles. The summed E-state index contributed by atoms with van der Waals surface area (Å²) in [6, 6.07) is 0. The van der Waals surface area contributed by atoms with Crippen molar-refractivity contribution in [2.24, 2.45) is 0 Å². The van der Waals surface area contributed by atoms with Crippen molar-refractivity contribution in [1.82, 2.24) is 14.5 Å². The van der Waals surface area contributed by atoms with Crippen molar-refractivity contribution in [1.29, 1.82) is 0 Å². The molecule has 0 amide bonds. The molecule has 1 aliphatic carbocycles. The van der Waals surface area contributed by atoms with Crippen LogP contribution in [-0.2, 0) is 17.9 Å². The highest BCUT2D eigenvalue weighted by Gasteiger charge is 2.38. The maximum absolute atomic E-state index is 11.3. The summed E-state index contributed by atoms with van der Waals surface area (Å²) in [4.78, 5) is 17.9. The molecule has 1 fully saturated rings. The fourth-order valence-corrected chi connectivity index (χ4v) is 3.34. The van der Waals surface area contributed by atoms with Crippen molar-refractivity contribution in [2.75, 3.05) is 7.05 Å². The van der Waals surface area contributed by atoms with Gasteiger partial charge in [-0.1, -0.05) is 19.3 Å². The Morgan fingerprint density at radius 3 is 2.75 bits per heavy atom. The largest absolute Gasteiger partial charge is 0.481 e. The first-order valence-electron chi connectivity index (χ1n) is 7.50. The van der Waals surface area contributed by atoms with Gasteiger partial charge in [-0.25, -0.2) is 4.98 Å². The van der Waals surface area contributed by atoms with Crippen LogP contribution in [0.1, 0.15) is 51.3 Å². The lowest BCUT2D eigenvalue weighted by molar-refractivity contribution is -0.141. The molecule has 0 bridgehead atoms. The molecule has 112 valence electrons. The van der Waals surface area contributed by atoms with Crippen LogP contribution in [0.15, 0.2) is 12.4 Å². The summed E-state index contributed by atoms with van der Waals surface area (Å²) < 4.78 is 2.12. The predicted molar refractivity (Wildman–Crippen MR) is 77.4 cm³/mol. The average molecular weight is 279 g/mol. The molecule has 1 aromatic rings. The molecular formula is C15H25N3O2. The van der Waals surface area contributed by atoms with Crippen LogP contribution in [0.2, 0.25) is 0 Å². The molecular weight excluding hydrogens is 254 g/mol. The summed E-state index contributed by atoms with van der Waals surface area (Å²) in [6.07, 6.45) is 9.45. The third-order valence-electron chi connectivity index (χ3n) is 4.60. The Kier molecular flexibility index (Phi) is 4.81. The minimum Gasteiger partial charge on any atom is -0.481 e. The number of rotatable bonds is 6. The monoisotopic (exact) mass is 279 g/mol. The molecule has 0 spiro atoms. The fourth-order valence-electron chi connectivity index (χ4n) is 3.34. The van der Waals surface area contributed by atoms with Crippen molar-refractivity contribution < 1.29 is 9.90 Å². The molecule has 1 heterocycles. The van der Waals surface area contributed by atoms with E-state index in [4.69, 9.17) is 0 Å². The van der Waals surface area contributed by atoms with Gasteiger partial charge in [0.1, 0.15) is 5.82 Å². The van der Waals surface area contributed by atoms with E-state index in [2.05, 4.69) is 21.4 Å². The summed E-state index contributed by atoms with van der Waals surface area (Å²) in [7, 11) is 2.04. The van der Waals surface area contributed by atoms with Crippen LogP contribution in [0.25, 0.3) is 0 Å². The second kappa shape index (κ2) is 6.39. The van der Waals surface area contributed by atoms with Gasteiger partial charge in [0, 0.05) is 24.5 Å².